The first-order valence-electron chi connectivity index (χ1n) is 11.4. The van der Waals surface area contributed by atoms with E-state index in [9.17, 15) is 14.4 Å². The van der Waals surface area contributed by atoms with Crippen molar-refractivity contribution in [2.75, 3.05) is 32.8 Å². The number of amides is 2. The maximum atomic E-state index is 13.1. The monoisotopic (exact) mass is 462 g/mol. The first-order chi connectivity index (χ1) is 16.5. The normalized spacial score (nSPS) is 17.6. The molecule has 176 valence electrons. The molecule has 2 aliphatic heterocycles. The molecule has 9 nitrogen and oxygen atoms in total. The number of rotatable bonds is 3. The van der Waals surface area contributed by atoms with Crippen molar-refractivity contribution in [1.29, 1.82) is 0 Å². The fraction of sp³-hybridized carbons (Fsp3) is 0.360. The van der Waals surface area contributed by atoms with Gasteiger partial charge < -0.3 is 23.8 Å². The van der Waals surface area contributed by atoms with Gasteiger partial charge in [0.05, 0.1) is 11.0 Å². The molecule has 9 heteroatoms. The van der Waals surface area contributed by atoms with Crippen molar-refractivity contribution >= 4 is 22.8 Å². The molecule has 0 saturated carbocycles. The minimum absolute atomic E-state index is 0.117. The molecular weight excluding hydrogens is 436 g/mol. The molecular formula is C25H26N4O5. The van der Waals surface area contributed by atoms with E-state index in [1.165, 1.54) is 0 Å². The molecule has 1 saturated heterocycles. The molecule has 1 atom stereocenters. The quantitative estimate of drug-likeness (QED) is 0.590. The molecule has 0 radical (unpaired) electrons. The molecule has 5 rings (SSSR count). The largest absolute Gasteiger partial charge is 0.485 e. The van der Waals surface area contributed by atoms with Crippen LogP contribution in [-0.2, 0) is 11.3 Å². The van der Waals surface area contributed by atoms with E-state index in [0.29, 0.717) is 66.5 Å². The van der Waals surface area contributed by atoms with Crippen LogP contribution in [0.15, 0.2) is 47.3 Å². The highest BCUT2D eigenvalue weighted by molar-refractivity contribution is 5.97. The first-order valence-corrected chi connectivity index (χ1v) is 11.4. The van der Waals surface area contributed by atoms with Crippen LogP contribution in [0.4, 0.5) is 0 Å². The van der Waals surface area contributed by atoms with E-state index >= 15 is 0 Å². The molecule has 2 aromatic carbocycles. The molecule has 0 aliphatic carbocycles. The molecule has 0 unspecified atom stereocenters. The zero-order valence-electron chi connectivity index (χ0n) is 19.2. The van der Waals surface area contributed by atoms with E-state index in [2.05, 4.69) is 4.98 Å². The summed E-state index contributed by atoms with van der Waals surface area (Å²) in [5, 5.41) is 0. The van der Waals surface area contributed by atoms with Crippen LogP contribution in [-0.4, -0.2) is 70.1 Å². The summed E-state index contributed by atoms with van der Waals surface area (Å²) in [6, 6.07) is 12.5. The summed E-state index contributed by atoms with van der Waals surface area (Å²) in [6.45, 7) is 5.98. The number of ether oxygens (including phenoxy) is 2. The Hall–Kier alpha value is -3.88. The number of piperazine rings is 1. The number of carbonyl (C=O) groups is 2. The van der Waals surface area contributed by atoms with Crippen molar-refractivity contribution in [2.45, 2.75) is 26.5 Å². The predicted octanol–water partition coefficient (Wildman–Crippen LogP) is 1.85. The van der Waals surface area contributed by atoms with Gasteiger partial charge in [0.15, 0.2) is 11.5 Å². The lowest BCUT2D eigenvalue weighted by atomic mass is 10.1. The van der Waals surface area contributed by atoms with Gasteiger partial charge in [0, 0.05) is 38.3 Å². The van der Waals surface area contributed by atoms with Crippen LogP contribution in [0.2, 0.25) is 0 Å². The highest BCUT2D eigenvalue weighted by atomic mass is 16.6. The van der Waals surface area contributed by atoms with Crippen LogP contribution < -0.4 is 15.0 Å². The summed E-state index contributed by atoms with van der Waals surface area (Å²) >= 11 is 0. The van der Waals surface area contributed by atoms with Crippen molar-refractivity contribution in [3.05, 3.63) is 64.1 Å². The minimum atomic E-state index is -0.692. The van der Waals surface area contributed by atoms with Crippen LogP contribution in [0.1, 0.15) is 23.0 Å². The van der Waals surface area contributed by atoms with Crippen LogP contribution in [0.5, 0.6) is 11.5 Å². The van der Waals surface area contributed by atoms with Gasteiger partial charge >= 0.3 is 0 Å². The van der Waals surface area contributed by atoms with Gasteiger partial charge in [-0.2, -0.15) is 0 Å². The van der Waals surface area contributed by atoms with Crippen molar-refractivity contribution in [2.24, 2.45) is 0 Å². The SMILES string of the molecule is CCn1c(=O)c(C)nc2cc(C(=O)N3CCN(C(=O)[C@@H]4COc5ccccc5O4)CC3)ccc21. The second-order valence-corrected chi connectivity index (χ2v) is 8.43. The van der Waals surface area contributed by atoms with E-state index in [-0.39, 0.29) is 24.0 Å². The summed E-state index contributed by atoms with van der Waals surface area (Å²) in [7, 11) is 0. The Morgan fingerprint density at radius 1 is 1.03 bits per heavy atom. The van der Waals surface area contributed by atoms with Gasteiger partial charge in [-0.1, -0.05) is 12.1 Å². The van der Waals surface area contributed by atoms with Gasteiger partial charge in [-0.05, 0) is 44.2 Å². The lowest BCUT2D eigenvalue weighted by molar-refractivity contribution is -0.142. The lowest BCUT2D eigenvalue weighted by Gasteiger charge is -2.37. The summed E-state index contributed by atoms with van der Waals surface area (Å²) in [5.74, 6) is 0.950. The highest BCUT2D eigenvalue weighted by Gasteiger charge is 2.33. The van der Waals surface area contributed by atoms with Crippen molar-refractivity contribution in [1.82, 2.24) is 19.4 Å². The van der Waals surface area contributed by atoms with E-state index in [1.54, 1.807) is 45.6 Å². The van der Waals surface area contributed by atoms with Crippen molar-refractivity contribution < 1.29 is 19.1 Å². The van der Waals surface area contributed by atoms with Gasteiger partial charge in [0.1, 0.15) is 12.3 Å². The molecule has 3 heterocycles. The number of aromatic nitrogens is 2. The van der Waals surface area contributed by atoms with E-state index in [4.69, 9.17) is 9.47 Å². The number of nitrogens with zero attached hydrogens (tertiary/aromatic N) is 4. The Balaban J connectivity index is 1.25. The van der Waals surface area contributed by atoms with Crippen LogP contribution >= 0.6 is 0 Å². The fourth-order valence-corrected chi connectivity index (χ4v) is 4.48. The van der Waals surface area contributed by atoms with Crippen LogP contribution in [0, 0.1) is 6.92 Å². The van der Waals surface area contributed by atoms with Gasteiger partial charge in [-0.15, -0.1) is 0 Å². The van der Waals surface area contributed by atoms with E-state index in [1.807, 2.05) is 25.1 Å². The number of para-hydroxylation sites is 2. The third-order valence-electron chi connectivity index (χ3n) is 6.33. The van der Waals surface area contributed by atoms with E-state index in [0.717, 1.165) is 0 Å². The maximum absolute atomic E-state index is 13.1. The smallest absolute Gasteiger partial charge is 0.272 e. The third kappa shape index (κ3) is 3.87. The lowest BCUT2D eigenvalue weighted by Crippen LogP contribution is -2.55. The summed E-state index contributed by atoms with van der Waals surface area (Å²) in [6.07, 6.45) is -0.692. The number of aryl methyl sites for hydroxylation is 2. The van der Waals surface area contributed by atoms with Crippen LogP contribution in [0.3, 0.4) is 0 Å². The molecule has 0 spiro atoms. The predicted molar refractivity (Wildman–Crippen MR) is 125 cm³/mol. The van der Waals surface area contributed by atoms with E-state index < -0.39 is 6.10 Å². The first kappa shape index (κ1) is 21.9. The number of benzene rings is 2. The standard InChI is InChI=1S/C25H26N4O5/c1-3-29-19-9-8-17(14-18(19)26-16(2)23(29)30)24(31)27-10-12-28(13-11-27)25(32)22-15-33-20-6-4-5-7-21(20)34-22/h4-9,14,22H,3,10-13,15H2,1-2H3/t22-/m0/s1. The zero-order chi connectivity index (χ0) is 23.8. The third-order valence-corrected chi connectivity index (χ3v) is 6.33. The second-order valence-electron chi connectivity index (χ2n) is 8.43. The number of carbonyl (C=O) groups excluding carboxylic acids is 2. The topological polar surface area (TPSA) is 94.0 Å². The molecule has 0 N–H and O–H groups in total. The van der Waals surface area contributed by atoms with Crippen LogP contribution in [0.25, 0.3) is 11.0 Å². The Bertz CT molecular complexity index is 1330. The maximum Gasteiger partial charge on any atom is 0.272 e. The molecule has 3 aromatic rings. The van der Waals surface area contributed by atoms with Gasteiger partial charge in [0.2, 0.25) is 6.10 Å². The molecule has 34 heavy (non-hydrogen) atoms. The fourth-order valence-electron chi connectivity index (χ4n) is 4.48. The van der Waals surface area contributed by atoms with Gasteiger partial charge in [-0.3, -0.25) is 14.4 Å². The molecule has 1 fully saturated rings. The Morgan fingerprint density at radius 3 is 2.47 bits per heavy atom. The molecule has 0 bridgehead atoms. The van der Waals surface area contributed by atoms with Gasteiger partial charge in [0.25, 0.3) is 17.4 Å². The number of hydrogen-bond donors (Lipinski definition) is 0. The Kier molecular flexibility index (Phi) is 5.69. The number of fused-ring (bicyclic) bond motifs is 2. The minimum Gasteiger partial charge on any atom is -0.485 e. The molecule has 2 amide bonds. The van der Waals surface area contributed by atoms with Gasteiger partial charge in [-0.25, -0.2) is 4.98 Å². The number of hydrogen-bond acceptors (Lipinski definition) is 6. The Labute approximate surface area is 196 Å². The average Bonchev–Trinajstić information content (AvgIpc) is 2.88. The zero-order valence-corrected chi connectivity index (χ0v) is 19.2. The second kappa shape index (κ2) is 8.81. The van der Waals surface area contributed by atoms with Crippen molar-refractivity contribution in [3.63, 3.8) is 0 Å². The highest BCUT2D eigenvalue weighted by Crippen LogP contribution is 2.31. The molecule has 1 aromatic heterocycles. The Morgan fingerprint density at radius 2 is 1.74 bits per heavy atom. The average molecular weight is 463 g/mol. The summed E-state index contributed by atoms with van der Waals surface area (Å²) < 4.78 is 13.2. The summed E-state index contributed by atoms with van der Waals surface area (Å²) in [4.78, 5) is 46.3. The van der Waals surface area contributed by atoms with Crippen molar-refractivity contribution in [3.8, 4) is 11.5 Å². The summed E-state index contributed by atoms with van der Waals surface area (Å²) in [5.41, 5.74) is 2.13. The molecule has 2 aliphatic rings.